The van der Waals surface area contributed by atoms with Gasteiger partial charge < -0.3 is 19.0 Å². The summed E-state index contributed by atoms with van der Waals surface area (Å²) in [6.07, 6.45) is 1.26. The molecule has 3 rings (SSSR count). The van der Waals surface area contributed by atoms with Crippen molar-refractivity contribution in [3.63, 3.8) is 0 Å². The Bertz CT molecular complexity index is 1080. The molecule has 0 radical (unpaired) electrons. The molecule has 0 aliphatic rings. The third-order valence-electron chi connectivity index (χ3n) is 4.36. The molecular weight excluding hydrogens is 360 g/mol. The predicted molar refractivity (Wildman–Crippen MR) is 105 cm³/mol. The normalized spacial score (nSPS) is 11.6. The van der Waals surface area contributed by atoms with Gasteiger partial charge in [0, 0.05) is 6.07 Å². The molecule has 6 heteroatoms. The number of rotatable bonds is 6. The SMILES string of the molecule is CC(C)c1ccccc1Oc1coc2cc(OC(C)(C)C(=O)O)ccc2c1=O. The molecule has 0 amide bonds. The van der Waals surface area contributed by atoms with Crippen molar-refractivity contribution in [1.82, 2.24) is 0 Å². The first-order valence-corrected chi connectivity index (χ1v) is 8.94. The molecule has 0 fully saturated rings. The third kappa shape index (κ3) is 3.86. The number of benzene rings is 2. The Morgan fingerprint density at radius 2 is 1.82 bits per heavy atom. The first-order valence-electron chi connectivity index (χ1n) is 8.94. The Balaban J connectivity index is 1.96. The monoisotopic (exact) mass is 382 g/mol. The number of carboxylic acids is 1. The van der Waals surface area contributed by atoms with Crippen LogP contribution in [-0.2, 0) is 4.79 Å². The highest BCUT2D eigenvalue weighted by molar-refractivity contribution is 5.80. The minimum Gasteiger partial charge on any atom is -0.478 e. The summed E-state index contributed by atoms with van der Waals surface area (Å²) in [5.74, 6) is 0.122. The maximum absolute atomic E-state index is 12.8. The van der Waals surface area contributed by atoms with Gasteiger partial charge in [0.15, 0.2) is 5.60 Å². The van der Waals surface area contributed by atoms with E-state index in [4.69, 9.17) is 13.9 Å². The van der Waals surface area contributed by atoms with E-state index in [0.717, 1.165) is 5.56 Å². The quantitative estimate of drug-likeness (QED) is 0.649. The lowest BCUT2D eigenvalue weighted by molar-refractivity contribution is -0.152. The number of carboxylic acid groups (broad SMARTS) is 1. The van der Waals surface area contributed by atoms with Crippen LogP contribution < -0.4 is 14.9 Å². The number of carbonyl (C=O) groups is 1. The zero-order chi connectivity index (χ0) is 20.5. The van der Waals surface area contributed by atoms with Crippen molar-refractivity contribution in [3.8, 4) is 17.2 Å². The van der Waals surface area contributed by atoms with E-state index in [0.29, 0.717) is 16.9 Å². The van der Waals surface area contributed by atoms with Gasteiger partial charge in [-0.3, -0.25) is 4.79 Å². The van der Waals surface area contributed by atoms with Crippen LogP contribution in [0.4, 0.5) is 0 Å². The second-order valence-electron chi connectivity index (χ2n) is 7.30. The highest BCUT2D eigenvalue weighted by Gasteiger charge is 2.29. The van der Waals surface area contributed by atoms with Crippen LogP contribution in [0, 0.1) is 0 Å². The largest absolute Gasteiger partial charge is 0.478 e. The van der Waals surface area contributed by atoms with Crippen LogP contribution in [-0.4, -0.2) is 16.7 Å². The molecule has 0 aliphatic heterocycles. The molecular formula is C22H22O6. The average Bonchev–Trinajstić information content (AvgIpc) is 2.64. The topological polar surface area (TPSA) is 86.0 Å². The molecule has 1 N–H and O–H groups in total. The second-order valence-corrected chi connectivity index (χ2v) is 7.30. The smallest absolute Gasteiger partial charge is 0.347 e. The number of fused-ring (bicyclic) bond motifs is 1. The lowest BCUT2D eigenvalue weighted by Gasteiger charge is -2.21. The summed E-state index contributed by atoms with van der Waals surface area (Å²) in [6, 6.07) is 12.1. The number of hydrogen-bond acceptors (Lipinski definition) is 5. The average molecular weight is 382 g/mol. The summed E-state index contributed by atoms with van der Waals surface area (Å²) in [5, 5.41) is 9.50. The van der Waals surface area contributed by atoms with Gasteiger partial charge in [0.1, 0.15) is 23.3 Å². The van der Waals surface area contributed by atoms with E-state index < -0.39 is 11.6 Å². The Morgan fingerprint density at radius 1 is 1.11 bits per heavy atom. The Labute approximate surface area is 162 Å². The molecule has 0 saturated carbocycles. The third-order valence-corrected chi connectivity index (χ3v) is 4.36. The maximum Gasteiger partial charge on any atom is 0.347 e. The standard InChI is InChI=1S/C22H22O6/c1-13(2)15-7-5-6-8-17(15)27-19-12-26-18-11-14(9-10-16(18)20(19)23)28-22(3,4)21(24)25/h5-13H,1-4H3,(H,24,25). The Hall–Kier alpha value is -3.28. The zero-order valence-corrected chi connectivity index (χ0v) is 16.2. The molecule has 0 aliphatic carbocycles. The Morgan fingerprint density at radius 3 is 2.50 bits per heavy atom. The fraction of sp³-hybridized carbons (Fsp3) is 0.273. The summed E-state index contributed by atoms with van der Waals surface area (Å²) in [6.45, 7) is 6.98. The van der Waals surface area contributed by atoms with Gasteiger partial charge in [0.05, 0.1) is 5.39 Å². The molecule has 0 bridgehead atoms. The van der Waals surface area contributed by atoms with Crippen LogP contribution in [0.15, 0.2) is 57.9 Å². The lowest BCUT2D eigenvalue weighted by Crippen LogP contribution is -2.37. The number of aliphatic carboxylic acids is 1. The van der Waals surface area contributed by atoms with Gasteiger partial charge in [-0.2, -0.15) is 0 Å². The molecule has 0 spiro atoms. The van der Waals surface area contributed by atoms with Gasteiger partial charge in [0.2, 0.25) is 11.2 Å². The van der Waals surface area contributed by atoms with Crippen LogP contribution in [0.25, 0.3) is 11.0 Å². The van der Waals surface area contributed by atoms with Gasteiger partial charge in [-0.05, 0) is 43.5 Å². The van der Waals surface area contributed by atoms with Gasteiger partial charge in [-0.25, -0.2) is 4.79 Å². The van der Waals surface area contributed by atoms with E-state index in [2.05, 4.69) is 0 Å². The highest BCUT2D eigenvalue weighted by atomic mass is 16.5. The van der Waals surface area contributed by atoms with Crippen molar-refractivity contribution in [3.05, 3.63) is 64.5 Å². The lowest BCUT2D eigenvalue weighted by atomic mass is 10.0. The summed E-state index contributed by atoms with van der Waals surface area (Å²) in [5.41, 5.74) is -0.448. The molecule has 3 aromatic rings. The van der Waals surface area contributed by atoms with Gasteiger partial charge in [-0.1, -0.05) is 32.0 Å². The first kappa shape index (κ1) is 19.5. The predicted octanol–water partition coefficient (Wildman–Crippen LogP) is 4.95. The van der Waals surface area contributed by atoms with Crippen molar-refractivity contribution < 1.29 is 23.8 Å². The van der Waals surface area contributed by atoms with E-state index in [-0.39, 0.29) is 22.7 Å². The van der Waals surface area contributed by atoms with E-state index >= 15 is 0 Å². The maximum atomic E-state index is 12.8. The van der Waals surface area contributed by atoms with Crippen molar-refractivity contribution in [2.75, 3.05) is 0 Å². The van der Waals surface area contributed by atoms with Crippen LogP contribution in [0.2, 0.25) is 0 Å². The molecule has 0 atom stereocenters. The van der Waals surface area contributed by atoms with Crippen molar-refractivity contribution in [1.29, 1.82) is 0 Å². The molecule has 6 nitrogen and oxygen atoms in total. The fourth-order valence-corrected chi connectivity index (χ4v) is 2.73. The summed E-state index contributed by atoms with van der Waals surface area (Å²) in [7, 11) is 0. The molecule has 28 heavy (non-hydrogen) atoms. The van der Waals surface area contributed by atoms with Crippen LogP contribution in [0.5, 0.6) is 17.2 Å². The molecule has 2 aromatic carbocycles. The van der Waals surface area contributed by atoms with Crippen LogP contribution in [0.1, 0.15) is 39.2 Å². The first-order chi connectivity index (χ1) is 13.2. The summed E-state index contributed by atoms with van der Waals surface area (Å²) < 4.78 is 16.9. The van der Waals surface area contributed by atoms with E-state index in [1.165, 1.54) is 38.3 Å². The fourth-order valence-electron chi connectivity index (χ4n) is 2.73. The van der Waals surface area contributed by atoms with Gasteiger partial charge in [0.25, 0.3) is 0 Å². The minimum atomic E-state index is -1.41. The zero-order valence-electron chi connectivity index (χ0n) is 16.2. The van der Waals surface area contributed by atoms with Gasteiger partial charge >= 0.3 is 5.97 Å². The van der Waals surface area contributed by atoms with E-state index in [1.54, 1.807) is 0 Å². The van der Waals surface area contributed by atoms with E-state index in [9.17, 15) is 14.7 Å². The number of para-hydroxylation sites is 1. The number of hydrogen-bond donors (Lipinski definition) is 1. The second kappa shape index (κ2) is 7.38. The molecule has 1 aromatic heterocycles. The van der Waals surface area contributed by atoms with Crippen molar-refractivity contribution >= 4 is 16.9 Å². The molecule has 146 valence electrons. The van der Waals surface area contributed by atoms with Crippen LogP contribution in [0.3, 0.4) is 0 Å². The van der Waals surface area contributed by atoms with Crippen LogP contribution >= 0.6 is 0 Å². The van der Waals surface area contributed by atoms with Crippen molar-refractivity contribution in [2.24, 2.45) is 0 Å². The van der Waals surface area contributed by atoms with Gasteiger partial charge in [-0.15, -0.1) is 0 Å². The number of ether oxygens (including phenoxy) is 2. The van der Waals surface area contributed by atoms with Crippen molar-refractivity contribution in [2.45, 2.75) is 39.2 Å². The minimum absolute atomic E-state index is 0.0835. The molecule has 0 saturated heterocycles. The highest BCUT2D eigenvalue weighted by Crippen LogP contribution is 2.30. The molecule has 1 heterocycles. The Kier molecular flexibility index (Phi) is 5.14. The van der Waals surface area contributed by atoms with E-state index in [1.807, 2.05) is 38.1 Å². The summed E-state index contributed by atoms with van der Waals surface area (Å²) >= 11 is 0. The summed E-state index contributed by atoms with van der Waals surface area (Å²) in [4.78, 5) is 24.0. The molecule has 0 unspecified atom stereocenters.